The summed E-state index contributed by atoms with van der Waals surface area (Å²) in [5.41, 5.74) is 8.98. The first-order valence-electron chi connectivity index (χ1n) is 5.00. The second-order valence-electron chi connectivity index (χ2n) is 4.07. The number of thiazole rings is 1. The standard InChI is InChI=1S/C12H13BrN2S/c1-12(14,6-11-7-15-8-16-11)9-3-2-4-10(13)5-9/h2-5,7-8H,6,14H2,1H3. The average molecular weight is 297 g/mol. The molecule has 0 saturated carbocycles. The SMILES string of the molecule is CC(N)(Cc1cncs1)c1cccc(Br)c1. The van der Waals surface area contributed by atoms with Crippen molar-refractivity contribution in [3.05, 3.63) is 50.9 Å². The van der Waals surface area contributed by atoms with Crippen LogP contribution in [0.25, 0.3) is 0 Å². The summed E-state index contributed by atoms with van der Waals surface area (Å²) in [6.07, 6.45) is 2.70. The van der Waals surface area contributed by atoms with Gasteiger partial charge in [-0.25, -0.2) is 0 Å². The highest BCUT2D eigenvalue weighted by Crippen LogP contribution is 2.26. The van der Waals surface area contributed by atoms with Crippen molar-refractivity contribution >= 4 is 27.3 Å². The lowest BCUT2D eigenvalue weighted by molar-refractivity contribution is 0.495. The van der Waals surface area contributed by atoms with Crippen LogP contribution in [0.5, 0.6) is 0 Å². The third-order valence-electron chi connectivity index (χ3n) is 2.51. The summed E-state index contributed by atoms with van der Waals surface area (Å²) in [7, 11) is 0. The van der Waals surface area contributed by atoms with E-state index in [1.165, 1.54) is 4.88 Å². The molecule has 0 radical (unpaired) electrons. The van der Waals surface area contributed by atoms with Gasteiger partial charge in [-0.05, 0) is 24.6 Å². The Morgan fingerprint density at radius 2 is 2.31 bits per heavy atom. The van der Waals surface area contributed by atoms with Gasteiger partial charge in [-0.2, -0.15) is 0 Å². The van der Waals surface area contributed by atoms with Gasteiger partial charge in [0.25, 0.3) is 0 Å². The van der Waals surface area contributed by atoms with Crippen LogP contribution in [0.3, 0.4) is 0 Å². The Morgan fingerprint density at radius 3 is 2.94 bits per heavy atom. The number of rotatable bonds is 3. The number of benzene rings is 1. The van der Waals surface area contributed by atoms with E-state index in [1.54, 1.807) is 11.3 Å². The Bertz CT molecular complexity index is 466. The van der Waals surface area contributed by atoms with Gasteiger partial charge < -0.3 is 5.73 Å². The van der Waals surface area contributed by atoms with E-state index in [0.29, 0.717) is 0 Å². The van der Waals surface area contributed by atoms with Gasteiger partial charge in [0.1, 0.15) is 0 Å². The highest BCUT2D eigenvalue weighted by molar-refractivity contribution is 9.10. The second-order valence-corrected chi connectivity index (χ2v) is 5.96. The molecule has 84 valence electrons. The maximum absolute atomic E-state index is 6.36. The molecule has 0 bridgehead atoms. The van der Waals surface area contributed by atoms with E-state index in [9.17, 15) is 0 Å². The minimum atomic E-state index is -0.351. The van der Waals surface area contributed by atoms with E-state index in [0.717, 1.165) is 16.5 Å². The van der Waals surface area contributed by atoms with Crippen LogP contribution < -0.4 is 5.73 Å². The third-order valence-corrected chi connectivity index (χ3v) is 3.78. The fourth-order valence-corrected chi connectivity index (χ4v) is 2.80. The Hall–Kier alpha value is -0.710. The predicted octanol–water partition coefficient (Wildman–Crippen LogP) is 3.32. The lowest BCUT2D eigenvalue weighted by Gasteiger charge is -2.24. The topological polar surface area (TPSA) is 38.9 Å². The Morgan fingerprint density at radius 1 is 1.50 bits per heavy atom. The summed E-state index contributed by atoms with van der Waals surface area (Å²) < 4.78 is 1.06. The molecule has 1 heterocycles. The molecule has 0 spiro atoms. The molecular weight excluding hydrogens is 284 g/mol. The van der Waals surface area contributed by atoms with E-state index >= 15 is 0 Å². The predicted molar refractivity (Wildman–Crippen MR) is 71.5 cm³/mol. The molecule has 1 atom stereocenters. The number of hydrogen-bond donors (Lipinski definition) is 1. The van der Waals surface area contributed by atoms with E-state index in [-0.39, 0.29) is 5.54 Å². The van der Waals surface area contributed by atoms with Gasteiger partial charge in [0.2, 0.25) is 0 Å². The lowest BCUT2D eigenvalue weighted by Crippen LogP contribution is -2.35. The van der Waals surface area contributed by atoms with Crippen molar-refractivity contribution < 1.29 is 0 Å². The van der Waals surface area contributed by atoms with Gasteiger partial charge >= 0.3 is 0 Å². The summed E-state index contributed by atoms with van der Waals surface area (Å²) in [5, 5.41) is 0. The Labute approximate surface area is 108 Å². The largest absolute Gasteiger partial charge is 0.321 e. The molecule has 0 fully saturated rings. The van der Waals surface area contributed by atoms with Crippen LogP contribution >= 0.6 is 27.3 Å². The van der Waals surface area contributed by atoms with E-state index in [2.05, 4.69) is 40.0 Å². The van der Waals surface area contributed by atoms with Crippen LogP contribution in [0.2, 0.25) is 0 Å². The van der Waals surface area contributed by atoms with Gasteiger partial charge in [-0.15, -0.1) is 11.3 Å². The Kier molecular flexibility index (Phi) is 3.42. The van der Waals surface area contributed by atoms with Crippen LogP contribution in [0, 0.1) is 0 Å². The van der Waals surface area contributed by atoms with Crippen molar-refractivity contribution in [2.24, 2.45) is 5.73 Å². The van der Waals surface area contributed by atoms with Crippen LogP contribution in [0.1, 0.15) is 17.4 Å². The summed E-state index contributed by atoms with van der Waals surface area (Å²) in [5.74, 6) is 0. The monoisotopic (exact) mass is 296 g/mol. The molecular formula is C12H13BrN2S. The highest BCUT2D eigenvalue weighted by atomic mass is 79.9. The molecule has 0 aliphatic rings. The molecule has 0 saturated heterocycles. The van der Waals surface area contributed by atoms with Gasteiger partial charge in [-0.3, -0.25) is 4.98 Å². The molecule has 0 amide bonds. The minimum Gasteiger partial charge on any atom is -0.321 e. The van der Waals surface area contributed by atoms with Crippen molar-refractivity contribution in [1.29, 1.82) is 0 Å². The number of hydrogen-bond acceptors (Lipinski definition) is 3. The molecule has 1 aromatic heterocycles. The van der Waals surface area contributed by atoms with E-state index in [1.807, 2.05) is 23.8 Å². The lowest BCUT2D eigenvalue weighted by atomic mass is 9.89. The number of halogens is 1. The van der Waals surface area contributed by atoms with Gasteiger partial charge in [-0.1, -0.05) is 28.1 Å². The zero-order chi connectivity index (χ0) is 11.6. The molecule has 4 heteroatoms. The normalized spacial score (nSPS) is 14.7. The van der Waals surface area contributed by atoms with Crippen molar-refractivity contribution in [2.45, 2.75) is 18.9 Å². The van der Waals surface area contributed by atoms with Gasteiger partial charge in [0.05, 0.1) is 5.51 Å². The minimum absolute atomic E-state index is 0.351. The molecule has 2 nitrogen and oxygen atoms in total. The van der Waals surface area contributed by atoms with Crippen LogP contribution in [0.4, 0.5) is 0 Å². The van der Waals surface area contributed by atoms with Gasteiger partial charge in [0.15, 0.2) is 0 Å². The summed E-state index contributed by atoms with van der Waals surface area (Å²) in [4.78, 5) is 5.28. The smallest absolute Gasteiger partial charge is 0.0794 e. The maximum atomic E-state index is 6.36. The highest BCUT2D eigenvalue weighted by Gasteiger charge is 2.22. The maximum Gasteiger partial charge on any atom is 0.0794 e. The quantitative estimate of drug-likeness (QED) is 0.944. The number of nitrogens with two attached hydrogens (primary N) is 1. The molecule has 2 rings (SSSR count). The molecule has 16 heavy (non-hydrogen) atoms. The summed E-state index contributed by atoms with van der Waals surface area (Å²) in [6, 6.07) is 8.15. The molecule has 0 aliphatic heterocycles. The molecule has 1 aromatic carbocycles. The fraction of sp³-hybridized carbons (Fsp3) is 0.250. The first-order chi connectivity index (χ1) is 7.58. The average Bonchev–Trinajstić information content (AvgIpc) is 2.70. The third kappa shape index (κ3) is 2.70. The molecule has 2 N–H and O–H groups in total. The zero-order valence-corrected chi connectivity index (χ0v) is 11.4. The Balaban J connectivity index is 2.24. The number of nitrogens with zero attached hydrogens (tertiary/aromatic N) is 1. The van der Waals surface area contributed by atoms with Crippen LogP contribution in [-0.2, 0) is 12.0 Å². The first-order valence-corrected chi connectivity index (χ1v) is 6.67. The zero-order valence-electron chi connectivity index (χ0n) is 8.98. The van der Waals surface area contributed by atoms with Crippen molar-refractivity contribution in [3.63, 3.8) is 0 Å². The number of aromatic nitrogens is 1. The van der Waals surface area contributed by atoms with Crippen molar-refractivity contribution in [1.82, 2.24) is 4.98 Å². The molecule has 2 aromatic rings. The van der Waals surface area contributed by atoms with E-state index in [4.69, 9.17) is 5.73 Å². The summed E-state index contributed by atoms with van der Waals surface area (Å²) in [6.45, 7) is 2.05. The first kappa shape index (κ1) is 11.8. The molecule has 0 aliphatic carbocycles. The van der Waals surface area contributed by atoms with Crippen molar-refractivity contribution in [2.75, 3.05) is 0 Å². The van der Waals surface area contributed by atoms with Crippen LogP contribution in [-0.4, -0.2) is 4.98 Å². The molecule has 1 unspecified atom stereocenters. The second kappa shape index (κ2) is 4.65. The van der Waals surface area contributed by atoms with Crippen molar-refractivity contribution in [3.8, 4) is 0 Å². The van der Waals surface area contributed by atoms with E-state index < -0.39 is 0 Å². The fourth-order valence-electron chi connectivity index (χ4n) is 1.64. The van der Waals surface area contributed by atoms with Gasteiger partial charge in [0, 0.05) is 27.5 Å². The van der Waals surface area contributed by atoms with Crippen LogP contribution in [0.15, 0.2) is 40.4 Å². The summed E-state index contributed by atoms with van der Waals surface area (Å²) >= 11 is 5.11.